The predicted molar refractivity (Wildman–Crippen MR) is 85.3 cm³/mol. The van der Waals surface area contributed by atoms with Crippen LogP contribution in [0.1, 0.15) is 24.8 Å². The normalized spacial score (nSPS) is 20.6. The Morgan fingerprint density at radius 1 is 1.40 bits per heavy atom. The Labute approximate surface area is 125 Å². The number of rotatable bonds is 4. The quantitative estimate of drug-likeness (QED) is 0.905. The molecule has 0 aliphatic carbocycles. The first-order valence-corrected chi connectivity index (χ1v) is 7.78. The van der Waals surface area contributed by atoms with Crippen molar-refractivity contribution in [3.8, 4) is 0 Å². The first-order valence-electron chi connectivity index (χ1n) is 7.40. The van der Waals surface area contributed by atoms with E-state index in [1.54, 1.807) is 0 Å². The average Bonchev–Trinajstić information content (AvgIpc) is 2.83. The Morgan fingerprint density at radius 3 is 3.15 bits per heavy atom. The molecule has 3 nitrogen and oxygen atoms in total. The van der Waals surface area contributed by atoms with Crippen molar-refractivity contribution >= 4 is 22.5 Å². The third-order valence-corrected chi connectivity index (χ3v) is 4.58. The fourth-order valence-corrected chi connectivity index (χ4v) is 3.25. The molecule has 2 aromatic rings. The number of likely N-dealkylation sites (tertiary alicyclic amines) is 1. The van der Waals surface area contributed by atoms with Crippen molar-refractivity contribution in [2.45, 2.75) is 31.8 Å². The van der Waals surface area contributed by atoms with Crippen LogP contribution in [0.15, 0.2) is 24.4 Å². The lowest BCUT2D eigenvalue weighted by atomic mass is 10.0. The van der Waals surface area contributed by atoms with Gasteiger partial charge in [-0.1, -0.05) is 24.1 Å². The summed E-state index contributed by atoms with van der Waals surface area (Å²) in [6, 6.07) is 6.71. The number of halogens is 1. The van der Waals surface area contributed by atoms with E-state index < -0.39 is 0 Å². The van der Waals surface area contributed by atoms with Crippen LogP contribution in [-0.2, 0) is 6.54 Å². The molecule has 2 heterocycles. The minimum atomic E-state index is 0.684. The average molecular weight is 292 g/mol. The van der Waals surface area contributed by atoms with Gasteiger partial charge in [0.25, 0.3) is 0 Å². The molecule has 1 unspecified atom stereocenters. The lowest BCUT2D eigenvalue weighted by Crippen LogP contribution is -2.42. The molecule has 0 saturated carbocycles. The number of H-pyrrole nitrogens is 1. The van der Waals surface area contributed by atoms with Gasteiger partial charge in [-0.2, -0.15) is 0 Å². The van der Waals surface area contributed by atoms with Gasteiger partial charge in [0, 0.05) is 41.3 Å². The predicted octanol–water partition coefficient (Wildman–Crippen LogP) is 3.40. The fourth-order valence-electron chi connectivity index (χ4n) is 3.08. The number of benzene rings is 1. The van der Waals surface area contributed by atoms with Crippen LogP contribution in [0.2, 0.25) is 5.02 Å². The van der Waals surface area contributed by atoms with E-state index in [4.69, 9.17) is 11.6 Å². The van der Waals surface area contributed by atoms with Crippen LogP contribution in [0.5, 0.6) is 0 Å². The summed E-state index contributed by atoms with van der Waals surface area (Å²) in [5.41, 5.74) is 2.43. The van der Waals surface area contributed by atoms with E-state index in [0.717, 1.165) is 23.6 Å². The van der Waals surface area contributed by atoms with Crippen molar-refractivity contribution in [1.29, 1.82) is 0 Å². The summed E-state index contributed by atoms with van der Waals surface area (Å²) in [5, 5.41) is 5.64. The lowest BCUT2D eigenvalue weighted by molar-refractivity contribution is 0.181. The van der Waals surface area contributed by atoms with Gasteiger partial charge in [-0.15, -0.1) is 0 Å². The van der Waals surface area contributed by atoms with Gasteiger partial charge in [-0.25, -0.2) is 0 Å². The molecule has 1 aromatic heterocycles. The number of hydrogen-bond acceptors (Lipinski definition) is 2. The van der Waals surface area contributed by atoms with Crippen molar-refractivity contribution in [1.82, 2.24) is 15.2 Å². The standard InChI is InChI=1S/C16H22ClN3/c1-20-7-3-2-4-14(20)11-18-9-12-10-19-16-8-13(17)5-6-15(12)16/h5-6,8,10,14,18-19H,2-4,7,9,11H2,1H3. The van der Waals surface area contributed by atoms with Gasteiger partial charge in [0.1, 0.15) is 0 Å². The molecule has 0 radical (unpaired) electrons. The zero-order chi connectivity index (χ0) is 13.9. The van der Waals surface area contributed by atoms with Crippen LogP contribution >= 0.6 is 11.6 Å². The molecular weight excluding hydrogens is 270 g/mol. The highest BCUT2D eigenvalue weighted by molar-refractivity contribution is 6.31. The molecule has 3 rings (SSSR count). The number of nitrogens with one attached hydrogen (secondary N) is 2. The number of hydrogen-bond donors (Lipinski definition) is 2. The van der Waals surface area contributed by atoms with E-state index in [1.807, 2.05) is 12.1 Å². The highest BCUT2D eigenvalue weighted by Crippen LogP contribution is 2.22. The molecule has 108 valence electrons. The van der Waals surface area contributed by atoms with E-state index in [9.17, 15) is 0 Å². The topological polar surface area (TPSA) is 31.1 Å². The number of likely N-dealkylation sites (N-methyl/N-ethyl adjacent to an activating group) is 1. The Kier molecular flexibility index (Phi) is 4.29. The van der Waals surface area contributed by atoms with Crippen molar-refractivity contribution < 1.29 is 0 Å². The van der Waals surface area contributed by atoms with E-state index in [2.05, 4.69) is 34.5 Å². The first kappa shape index (κ1) is 13.9. The van der Waals surface area contributed by atoms with Gasteiger partial charge in [0.2, 0.25) is 0 Å². The van der Waals surface area contributed by atoms with Crippen LogP contribution < -0.4 is 5.32 Å². The summed E-state index contributed by atoms with van der Waals surface area (Å²) in [5.74, 6) is 0. The second kappa shape index (κ2) is 6.17. The number of piperidine rings is 1. The molecular formula is C16H22ClN3. The van der Waals surface area contributed by atoms with Crippen LogP contribution in [0.25, 0.3) is 10.9 Å². The Morgan fingerprint density at radius 2 is 2.30 bits per heavy atom. The maximum absolute atomic E-state index is 6.01. The van der Waals surface area contributed by atoms with Gasteiger partial charge in [-0.3, -0.25) is 0 Å². The van der Waals surface area contributed by atoms with Crippen LogP contribution in [0.4, 0.5) is 0 Å². The summed E-state index contributed by atoms with van der Waals surface area (Å²) in [7, 11) is 2.24. The molecule has 0 amide bonds. The van der Waals surface area contributed by atoms with Gasteiger partial charge in [0.15, 0.2) is 0 Å². The van der Waals surface area contributed by atoms with Crippen molar-refractivity contribution in [3.05, 3.63) is 35.0 Å². The minimum Gasteiger partial charge on any atom is -0.361 e. The Bertz CT molecular complexity index is 578. The molecule has 1 aliphatic heterocycles. The highest BCUT2D eigenvalue weighted by atomic mass is 35.5. The molecule has 4 heteroatoms. The molecule has 1 aromatic carbocycles. The molecule has 0 bridgehead atoms. The van der Waals surface area contributed by atoms with Crippen LogP contribution in [-0.4, -0.2) is 36.1 Å². The van der Waals surface area contributed by atoms with Gasteiger partial charge < -0.3 is 15.2 Å². The maximum atomic E-state index is 6.01. The van der Waals surface area contributed by atoms with Crippen molar-refractivity contribution in [2.75, 3.05) is 20.1 Å². The van der Waals surface area contributed by atoms with E-state index in [1.165, 1.54) is 36.8 Å². The van der Waals surface area contributed by atoms with E-state index >= 15 is 0 Å². The largest absolute Gasteiger partial charge is 0.361 e. The van der Waals surface area contributed by atoms with E-state index in [0.29, 0.717) is 6.04 Å². The SMILES string of the molecule is CN1CCCCC1CNCc1c[nH]c2cc(Cl)ccc12. The first-order chi connectivity index (χ1) is 9.74. The molecule has 0 spiro atoms. The van der Waals surface area contributed by atoms with Gasteiger partial charge in [0.05, 0.1) is 0 Å². The minimum absolute atomic E-state index is 0.684. The Balaban J connectivity index is 1.59. The molecule has 1 atom stereocenters. The zero-order valence-corrected chi connectivity index (χ0v) is 12.7. The summed E-state index contributed by atoms with van der Waals surface area (Å²) >= 11 is 6.01. The van der Waals surface area contributed by atoms with Crippen LogP contribution in [0.3, 0.4) is 0 Å². The lowest BCUT2D eigenvalue weighted by Gasteiger charge is -2.32. The third-order valence-electron chi connectivity index (χ3n) is 4.35. The van der Waals surface area contributed by atoms with Crippen molar-refractivity contribution in [3.63, 3.8) is 0 Å². The smallest absolute Gasteiger partial charge is 0.0472 e. The summed E-state index contributed by atoms with van der Waals surface area (Å²) in [6.07, 6.45) is 6.10. The molecule has 20 heavy (non-hydrogen) atoms. The third kappa shape index (κ3) is 3.00. The summed E-state index contributed by atoms with van der Waals surface area (Å²) in [6.45, 7) is 3.21. The second-order valence-corrected chi connectivity index (χ2v) is 6.20. The number of aromatic nitrogens is 1. The molecule has 2 N–H and O–H groups in total. The molecule has 1 aliphatic rings. The van der Waals surface area contributed by atoms with Crippen LogP contribution in [0, 0.1) is 0 Å². The monoisotopic (exact) mass is 291 g/mol. The molecule has 1 saturated heterocycles. The van der Waals surface area contributed by atoms with E-state index in [-0.39, 0.29) is 0 Å². The fraction of sp³-hybridized carbons (Fsp3) is 0.500. The summed E-state index contributed by atoms with van der Waals surface area (Å²) in [4.78, 5) is 5.77. The molecule has 1 fully saturated rings. The zero-order valence-electron chi connectivity index (χ0n) is 12.0. The Hall–Kier alpha value is -1.03. The second-order valence-electron chi connectivity index (χ2n) is 5.76. The number of aromatic amines is 1. The number of nitrogens with zero attached hydrogens (tertiary/aromatic N) is 1. The van der Waals surface area contributed by atoms with Gasteiger partial charge in [-0.05, 0) is 44.1 Å². The van der Waals surface area contributed by atoms with Gasteiger partial charge >= 0.3 is 0 Å². The highest BCUT2D eigenvalue weighted by Gasteiger charge is 2.18. The van der Waals surface area contributed by atoms with Crippen molar-refractivity contribution in [2.24, 2.45) is 0 Å². The summed E-state index contributed by atoms with van der Waals surface area (Å²) < 4.78 is 0. The maximum Gasteiger partial charge on any atom is 0.0472 e. The number of fused-ring (bicyclic) bond motifs is 1.